The highest BCUT2D eigenvalue weighted by Crippen LogP contribution is 2.30. The molecule has 32 heavy (non-hydrogen) atoms. The van der Waals surface area contributed by atoms with Gasteiger partial charge in [0.05, 0.1) is 24.3 Å². The van der Waals surface area contributed by atoms with Crippen LogP contribution in [-0.2, 0) is 13.1 Å². The number of aryl methyl sites for hydroxylation is 2. The first-order chi connectivity index (χ1) is 15.5. The third-order valence-electron chi connectivity index (χ3n) is 6.92. The molecular weight excluding hydrogens is 402 g/mol. The summed E-state index contributed by atoms with van der Waals surface area (Å²) in [7, 11) is 0. The Bertz CT molecular complexity index is 1160. The van der Waals surface area contributed by atoms with Gasteiger partial charge in [0, 0.05) is 23.5 Å². The van der Waals surface area contributed by atoms with Crippen LogP contribution in [0.25, 0.3) is 5.65 Å². The van der Waals surface area contributed by atoms with E-state index in [-0.39, 0.29) is 5.91 Å². The molecule has 168 valence electrons. The van der Waals surface area contributed by atoms with E-state index in [4.69, 9.17) is 14.8 Å². The second-order valence-corrected chi connectivity index (χ2v) is 8.98. The Morgan fingerprint density at radius 1 is 1.06 bits per heavy atom. The molecule has 2 aliphatic heterocycles. The van der Waals surface area contributed by atoms with Gasteiger partial charge in [-0.3, -0.25) is 9.69 Å². The van der Waals surface area contributed by atoms with E-state index < -0.39 is 0 Å². The molecule has 0 unspecified atom stereocenters. The van der Waals surface area contributed by atoms with Crippen LogP contribution >= 0.6 is 0 Å². The van der Waals surface area contributed by atoms with Crippen LogP contribution in [0.3, 0.4) is 0 Å². The Morgan fingerprint density at radius 3 is 2.66 bits per heavy atom. The van der Waals surface area contributed by atoms with Crippen LogP contribution in [0.1, 0.15) is 57.8 Å². The molecule has 2 aromatic heterocycles. The van der Waals surface area contributed by atoms with Gasteiger partial charge in [-0.15, -0.1) is 0 Å². The summed E-state index contributed by atoms with van der Waals surface area (Å²) >= 11 is 0. The zero-order valence-corrected chi connectivity index (χ0v) is 19.2. The van der Waals surface area contributed by atoms with Gasteiger partial charge in [0.15, 0.2) is 5.65 Å². The monoisotopic (exact) mass is 433 g/mol. The van der Waals surface area contributed by atoms with Crippen molar-refractivity contribution in [1.82, 2.24) is 24.4 Å². The SMILES string of the molecule is Cc1nc2c3c(nn2c(C)c1C)CN(C(=O)c1ccccc1OCCN1CCCCC1)C3. The largest absolute Gasteiger partial charge is 0.491 e. The standard InChI is InChI=1S/C25H31N5O2/c1-17-18(2)26-24-21-15-29(16-22(21)27-30(24)19(17)3)25(31)20-9-5-6-10-23(20)32-14-13-28-11-7-4-8-12-28/h5-6,9-10H,4,7-8,11-16H2,1-3H3. The molecule has 1 amide bonds. The van der Waals surface area contributed by atoms with Gasteiger partial charge >= 0.3 is 0 Å². The van der Waals surface area contributed by atoms with Gasteiger partial charge in [-0.1, -0.05) is 18.6 Å². The predicted molar refractivity (Wildman–Crippen MR) is 123 cm³/mol. The van der Waals surface area contributed by atoms with Crippen LogP contribution in [0.15, 0.2) is 24.3 Å². The van der Waals surface area contributed by atoms with Crippen molar-refractivity contribution < 1.29 is 9.53 Å². The number of amides is 1. The topological polar surface area (TPSA) is 63.0 Å². The van der Waals surface area contributed by atoms with Crippen LogP contribution in [-0.4, -0.2) is 56.5 Å². The summed E-state index contributed by atoms with van der Waals surface area (Å²) in [6, 6.07) is 7.58. The molecule has 7 heteroatoms. The smallest absolute Gasteiger partial charge is 0.258 e. The Hall–Kier alpha value is -2.93. The van der Waals surface area contributed by atoms with Crippen molar-refractivity contribution in [1.29, 1.82) is 0 Å². The third-order valence-corrected chi connectivity index (χ3v) is 6.92. The van der Waals surface area contributed by atoms with Crippen molar-refractivity contribution in [2.75, 3.05) is 26.2 Å². The predicted octanol–water partition coefficient (Wildman–Crippen LogP) is 3.68. The summed E-state index contributed by atoms with van der Waals surface area (Å²) in [6.45, 7) is 11.0. The van der Waals surface area contributed by atoms with E-state index in [1.165, 1.54) is 19.3 Å². The minimum atomic E-state index is -0.0183. The van der Waals surface area contributed by atoms with Gasteiger partial charge in [0.1, 0.15) is 12.4 Å². The first-order valence-corrected chi connectivity index (χ1v) is 11.6. The number of hydrogen-bond donors (Lipinski definition) is 0. The van der Waals surface area contributed by atoms with E-state index in [0.29, 0.717) is 31.0 Å². The average Bonchev–Trinajstić information content (AvgIpc) is 3.37. The quantitative estimate of drug-likeness (QED) is 0.614. The van der Waals surface area contributed by atoms with Crippen LogP contribution in [0.5, 0.6) is 5.75 Å². The summed E-state index contributed by atoms with van der Waals surface area (Å²) in [6.07, 6.45) is 3.86. The normalized spacial score (nSPS) is 16.5. The summed E-state index contributed by atoms with van der Waals surface area (Å²) in [5, 5.41) is 4.77. The number of ether oxygens (including phenoxy) is 1. The maximum Gasteiger partial charge on any atom is 0.258 e. The number of likely N-dealkylation sites (tertiary alicyclic amines) is 1. The fourth-order valence-electron chi connectivity index (χ4n) is 4.76. The second-order valence-electron chi connectivity index (χ2n) is 8.98. The molecule has 1 saturated heterocycles. The maximum absolute atomic E-state index is 13.4. The van der Waals surface area contributed by atoms with Crippen LogP contribution in [0.2, 0.25) is 0 Å². The van der Waals surface area contributed by atoms with Gasteiger partial charge in [-0.25, -0.2) is 9.50 Å². The molecule has 2 aliphatic rings. The lowest BCUT2D eigenvalue weighted by atomic mass is 10.1. The highest BCUT2D eigenvalue weighted by atomic mass is 16.5. The number of piperidine rings is 1. The number of hydrogen-bond acceptors (Lipinski definition) is 5. The molecule has 0 radical (unpaired) electrons. The van der Waals surface area contributed by atoms with Crippen molar-refractivity contribution in [2.24, 2.45) is 0 Å². The van der Waals surface area contributed by atoms with E-state index in [2.05, 4.69) is 18.7 Å². The molecule has 0 atom stereocenters. The van der Waals surface area contributed by atoms with E-state index in [9.17, 15) is 4.79 Å². The number of fused-ring (bicyclic) bond motifs is 3. The van der Waals surface area contributed by atoms with Gasteiger partial charge < -0.3 is 9.64 Å². The van der Waals surface area contributed by atoms with Gasteiger partial charge in [0.25, 0.3) is 5.91 Å². The minimum absolute atomic E-state index is 0.0183. The molecule has 0 spiro atoms. The van der Waals surface area contributed by atoms with Crippen molar-refractivity contribution in [2.45, 2.75) is 53.1 Å². The minimum Gasteiger partial charge on any atom is -0.491 e. The first-order valence-electron chi connectivity index (χ1n) is 11.6. The molecule has 5 rings (SSSR count). The highest BCUT2D eigenvalue weighted by molar-refractivity contribution is 5.97. The fraction of sp³-hybridized carbons (Fsp3) is 0.480. The third kappa shape index (κ3) is 3.75. The number of para-hydroxylation sites is 1. The lowest BCUT2D eigenvalue weighted by molar-refractivity contribution is 0.0744. The Morgan fingerprint density at radius 2 is 1.84 bits per heavy atom. The molecule has 3 aromatic rings. The van der Waals surface area contributed by atoms with E-state index in [1.807, 2.05) is 40.6 Å². The number of aromatic nitrogens is 3. The molecule has 7 nitrogen and oxygen atoms in total. The first kappa shape index (κ1) is 20.9. The molecule has 1 fully saturated rings. The zero-order valence-electron chi connectivity index (χ0n) is 19.2. The van der Waals surface area contributed by atoms with E-state index in [0.717, 1.165) is 53.5 Å². The molecule has 0 saturated carbocycles. The van der Waals surface area contributed by atoms with E-state index in [1.54, 1.807) is 0 Å². The molecule has 0 N–H and O–H groups in total. The van der Waals surface area contributed by atoms with Crippen molar-refractivity contribution in [3.05, 3.63) is 58.0 Å². The summed E-state index contributed by atoms with van der Waals surface area (Å²) in [5.41, 5.74) is 6.73. The lowest BCUT2D eigenvalue weighted by Crippen LogP contribution is -2.33. The lowest BCUT2D eigenvalue weighted by Gasteiger charge is -2.26. The number of rotatable bonds is 5. The summed E-state index contributed by atoms with van der Waals surface area (Å²) in [4.78, 5) is 22.5. The van der Waals surface area contributed by atoms with Crippen molar-refractivity contribution >= 4 is 11.6 Å². The average molecular weight is 434 g/mol. The molecule has 0 aliphatic carbocycles. The van der Waals surface area contributed by atoms with Crippen LogP contribution < -0.4 is 4.74 Å². The molecular formula is C25H31N5O2. The Labute approximate surface area is 189 Å². The van der Waals surface area contributed by atoms with Crippen molar-refractivity contribution in [3.8, 4) is 5.75 Å². The second kappa shape index (κ2) is 8.54. The number of carbonyl (C=O) groups is 1. The van der Waals surface area contributed by atoms with Crippen LogP contribution in [0, 0.1) is 20.8 Å². The maximum atomic E-state index is 13.4. The van der Waals surface area contributed by atoms with Gasteiger partial charge in [-0.2, -0.15) is 5.10 Å². The highest BCUT2D eigenvalue weighted by Gasteiger charge is 2.31. The Balaban J connectivity index is 1.31. The summed E-state index contributed by atoms with van der Waals surface area (Å²) < 4.78 is 8.00. The number of carbonyl (C=O) groups excluding carboxylic acids is 1. The molecule has 0 bridgehead atoms. The molecule has 4 heterocycles. The number of nitrogens with zero attached hydrogens (tertiary/aromatic N) is 5. The zero-order chi connectivity index (χ0) is 22.2. The molecule has 1 aromatic carbocycles. The Kier molecular flexibility index (Phi) is 5.59. The number of benzene rings is 1. The van der Waals surface area contributed by atoms with E-state index >= 15 is 0 Å². The van der Waals surface area contributed by atoms with Crippen molar-refractivity contribution in [3.63, 3.8) is 0 Å². The van der Waals surface area contributed by atoms with Gasteiger partial charge in [0.2, 0.25) is 0 Å². The summed E-state index contributed by atoms with van der Waals surface area (Å²) in [5.74, 6) is 0.643. The van der Waals surface area contributed by atoms with Gasteiger partial charge in [-0.05, 0) is 64.4 Å². The fourth-order valence-corrected chi connectivity index (χ4v) is 4.76. The van der Waals surface area contributed by atoms with Crippen LogP contribution in [0.4, 0.5) is 0 Å².